The van der Waals surface area contributed by atoms with E-state index in [1.165, 1.54) is 10.9 Å². The summed E-state index contributed by atoms with van der Waals surface area (Å²) in [6.45, 7) is 4.82. The van der Waals surface area contributed by atoms with E-state index in [9.17, 15) is 4.79 Å². The number of hydrogen-bond acceptors (Lipinski definition) is 2. The van der Waals surface area contributed by atoms with Crippen LogP contribution in [0.5, 0.6) is 0 Å². The number of amides is 1. The van der Waals surface area contributed by atoms with E-state index >= 15 is 0 Å². The highest BCUT2D eigenvalue weighted by atomic mass is 35.5. The maximum atomic E-state index is 11.8. The van der Waals surface area contributed by atoms with Crippen molar-refractivity contribution < 1.29 is 4.79 Å². The maximum Gasteiger partial charge on any atom is 0.236 e. The van der Waals surface area contributed by atoms with Crippen molar-refractivity contribution in [2.45, 2.75) is 39.2 Å². The van der Waals surface area contributed by atoms with Crippen LogP contribution in [0.15, 0.2) is 30.5 Å². The van der Waals surface area contributed by atoms with E-state index in [0.717, 1.165) is 24.8 Å². The molecule has 0 aliphatic rings. The first-order valence-corrected chi connectivity index (χ1v) is 7.66. The molecule has 0 saturated carbocycles. The van der Waals surface area contributed by atoms with Crippen LogP contribution in [0, 0.1) is 5.92 Å². The molecule has 5 heteroatoms. The van der Waals surface area contributed by atoms with Crippen molar-refractivity contribution >= 4 is 29.2 Å². The third-order valence-electron chi connectivity index (χ3n) is 3.66. The van der Waals surface area contributed by atoms with Crippen molar-refractivity contribution in [1.29, 1.82) is 0 Å². The van der Waals surface area contributed by atoms with Crippen LogP contribution in [0.25, 0.3) is 10.9 Å². The molecule has 122 valence electrons. The van der Waals surface area contributed by atoms with Gasteiger partial charge < -0.3 is 16.0 Å². The molecule has 0 bridgehead atoms. The fourth-order valence-electron chi connectivity index (χ4n) is 2.57. The van der Waals surface area contributed by atoms with Gasteiger partial charge in [0.25, 0.3) is 0 Å². The molecule has 1 heterocycles. The summed E-state index contributed by atoms with van der Waals surface area (Å²) in [5, 5.41) is 4.19. The third kappa shape index (κ3) is 5.04. The highest BCUT2D eigenvalue weighted by molar-refractivity contribution is 5.85. The number of aromatic nitrogens is 1. The number of rotatable bonds is 7. The van der Waals surface area contributed by atoms with E-state index in [0.29, 0.717) is 12.5 Å². The van der Waals surface area contributed by atoms with Crippen LogP contribution in [-0.2, 0) is 11.2 Å². The number of carbonyl (C=O) groups excluding carboxylic acids is 1. The summed E-state index contributed by atoms with van der Waals surface area (Å²) >= 11 is 0. The van der Waals surface area contributed by atoms with Gasteiger partial charge in [-0.25, -0.2) is 0 Å². The highest BCUT2D eigenvalue weighted by Crippen LogP contribution is 2.18. The molecule has 0 aliphatic heterocycles. The Morgan fingerprint density at radius 3 is 2.77 bits per heavy atom. The smallest absolute Gasteiger partial charge is 0.236 e. The van der Waals surface area contributed by atoms with Crippen molar-refractivity contribution in [3.63, 3.8) is 0 Å². The van der Waals surface area contributed by atoms with E-state index in [2.05, 4.69) is 42.5 Å². The lowest BCUT2D eigenvalue weighted by molar-refractivity contribution is -0.122. The summed E-state index contributed by atoms with van der Waals surface area (Å²) in [6, 6.07) is 7.88. The lowest BCUT2D eigenvalue weighted by atomic mass is 10.0. The zero-order valence-corrected chi connectivity index (χ0v) is 14.1. The van der Waals surface area contributed by atoms with E-state index < -0.39 is 6.04 Å². The zero-order chi connectivity index (χ0) is 15.2. The Bertz CT molecular complexity index is 594. The third-order valence-corrected chi connectivity index (χ3v) is 3.66. The highest BCUT2D eigenvalue weighted by Gasteiger charge is 2.14. The van der Waals surface area contributed by atoms with Gasteiger partial charge in [0.15, 0.2) is 0 Å². The van der Waals surface area contributed by atoms with Gasteiger partial charge in [-0.2, -0.15) is 0 Å². The number of H-pyrrole nitrogens is 1. The first-order valence-electron chi connectivity index (χ1n) is 7.66. The van der Waals surface area contributed by atoms with Gasteiger partial charge in [-0.05, 0) is 36.8 Å². The lowest BCUT2D eigenvalue weighted by Gasteiger charge is -2.13. The Balaban J connectivity index is 0.00000242. The molecule has 0 aliphatic carbocycles. The number of carbonyl (C=O) groups is 1. The SMILES string of the molecule is CC(C)C[C@H](N)C(=O)NCCCc1c[nH]c2ccccc12.Cl. The number of halogens is 1. The molecule has 0 spiro atoms. The van der Waals surface area contributed by atoms with Gasteiger partial charge in [0.2, 0.25) is 5.91 Å². The lowest BCUT2D eigenvalue weighted by Crippen LogP contribution is -2.41. The van der Waals surface area contributed by atoms with Crippen LogP contribution in [0.4, 0.5) is 0 Å². The van der Waals surface area contributed by atoms with E-state index in [-0.39, 0.29) is 18.3 Å². The Morgan fingerprint density at radius 1 is 1.32 bits per heavy atom. The van der Waals surface area contributed by atoms with Crippen LogP contribution >= 0.6 is 12.4 Å². The molecule has 0 fully saturated rings. The molecule has 22 heavy (non-hydrogen) atoms. The molecule has 1 aromatic heterocycles. The Labute approximate surface area is 138 Å². The van der Waals surface area contributed by atoms with Gasteiger partial charge >= 0.3 is 0 Å². The first kappa shape index (κ1) is 18.5. The van der Waals surface area contributed by atoms with Crippen molar-refractivity contribution in [1.82, 2.24) is 10.3 Å². The Kier molecular flexibility index (Phi) is 7.42. The number of benzene rings is 1. The molecule has 0 unspecified atom stereocenters. The number of nitrogens with one attached hydrogen (secondary N) is 2. The van der Waals surface area contributed by atoms with Crippen LogP contribution in [0.1, 0.15) is 32.3 Å². The van der Waals surface area contributed by atoms with Crippen molar-refractivity contribution in [2.24, 2.45) is 11.7 Å². The minimum absolute atomic E-state index is 0. The molecule has 0 radical (unpaired) electrons. The van der Waals surface area contributed by atoms with Gasteiger partial charge in [-0.15, -0.1) is 12.4 Å². The minimum Gasteiger partial charge on any atom is -0.361 e. The predicted octanol–water partition coefficient (Wildman–Crippen LogP) is 3.01. The molecule has 0 saturated heterocycles. The maximum absolute atomic E-state index is 11.8. The molecular formula is C17H26ClN3O. The second kappa shape index (κ2) is 8.81. The molecule has 1 amide bonds. The summed E-state index contributed by atoms with van der Waals surface area (Å²) in [6.07, 6.45) is 4.65. The van der Waals surface area contributed by atoms with Gasteiger partial charge in [0, 0.05) is 23.6 Å². The second-order valence-electron chi connectivity index (χ2n) is 5.99. The fraction of sp³-hybridized carbons (Fsp3) is 0.471. The topological polar surface area (TPSA) is 70.9 Å². The quantitative estimate of drug-likeness (QED) is 0.685. The molecule has 2 rings (SSSR count). The second-order valence-corrected chi connectivity index (χ2v) is 5.99. The number of nitrogens with two attached hydrogens (primary N) is 1. The molecule has 1 atom stereocenters. The number of hydrogen-bond donors (Lipinski definition) is 3. The summed E-state index contributed by atoms with van der Waals surface area (Å²) < 4.78 is 0. The minimum atomic E-state index is -0.391. The largest absolute Gasteiger partial charge is 0.361 e. The zero-order valence-electron chi connectivity index (χ0n) is 13.3. The molecule has 4 N–H and O–H groups in total. The number of para-hydroxylation sites is 1. The Hall–Kier alpha value is -1.52. The molecule has 2 aromatic rings. The van der Waals surface area contributed by atoms with Crippen LogP contribution in [0.3, 0.4) is 0 Å². The van der Waals surface area contributed by atoms with E-state index in [1.807, 2.05) is 12.1 Å². The average Bonchev–Trinajstić information content (AvgIpc) is 2.86. The van der Waals surface area contributed by atoms with Crippen molar-refractivity contribution in [3.05, 3.63) is 36.0 Å². The summed E-state index contributed by atoms with van der Waals surface area (Å²) in [7, 11) is 0. The normalized spacial score (nSPS) is 12.2. The van der Waals surface area contributed by atoms with Gasteiger partial charge in [0.05, 0.1) is 6.04 Å². The predicted molar refractivity (Wildman–Crippen MR) is 94.3 cm³/mol. The number of aromatic amines is 1. The van der Waals surface area contributed by atoms with Gasteiger partial charge in [0.1, 0.15) is 0 Å². The molecular weight excluding hydrogens is 298 g/mol. The average molecular weight is 324 g/mol. The summed E-state index contributed by atoms with van der Waals surface area (Å²) in [4.78, 5) is 15.1. The van der Waals surface area contributed by atoms with E-state index in [4.69, 9.17) is 5.73 Å². The monoisotopic (exact) mass is 323 g/mol. The molecule has 1 aromatic carbocycles. The van der Waals surface area contributed by atoms with Gasteiger partial charge in [-0.1, -0.05) is 32.0 Å². The first-order chi connectivity index (χ1) is 10.1. The standard InChI is InChI=1S/C17H25N3O.ClH/c1-12(2)10-15(18)17(21)19-9-5-6-13-11-20-16-8-4-3-7-14(13)16;/h3-4,7-8,11-12,15,20H,5-6,9-10,18H2,1-2H3,(H,19,21);1H/t15-;/m0./s1. The number of aryl methyl sites for hydroxylation is 1. The Morgan fingerprint density at radius 2 is 2.05 bits per heavy atom. The van der Waals surface area contributed by atoms with Gasteiger partial charge in [-0.3, -0.25) is 4.79 Å². The van der Waals surface area contributed by atoms with E-state index in [1.54, 1.807) is 0 Å². The summed E-state index contributed by atoms with van der Waals surface area (Å²) in [5.41, 5.74) is 8.31. The van der Waals surface area contributed by atoms with Crippen LogP contribution < -0.4 is 11.1 Å². The van der Waals surface area contributed by atoms with Crippen molar-refractivity contribution in [3.8, 4) is 0 Å². The number of fused-ring (bicyclic) bond motifs is 1. The summed E-state index contributed by atoms with van der Waals surface area (Å²) in [5.74, 6) is 0.402. The molecule has 4 nitrogen and oxygen atoms in total. The van der Waals surface area contributed by atoms with Crippen molar-refractivity contribution in [2.75, 3.05) is 6.54 Å². The van der Waals surface area contributed by atoms with Crippen LogP contribution in [-0.4, -0.2) is 23.5 Å². The van der Waals surface area contributed by atoms with Crippen LogP contribution in [0.2, 0.25) is 0 Å². The fourth-order valence-corrected chi connectivity index (χ4v) is 2.57.